The second-order valence-corrected chi connectivity index (χ2v) is 18.5. The number of hydrogen-bond donors (Lipinski definition) is 0. The van der Waals surface area contributed by atoms with Gasteiger partial charge >= 0.3 is 14.5 Å². The van der Waals surface area contributed by atoms with E-state index in [0.717, 1.165) is 0 Å². The molecule has 4 fully saturated rings. The third-order valence-electron chi connectivity index (χ3n) is 8.75. The predicted octanol–water partition coefficient (Wildman–Crippen LogP) is 4.45. The van der Waals surface area contributed by atoms with Crippen LogP contribution in [-0.4, -0.2) is 95.3 Å². The second-order valence-electron chi connectivity index (χ2n) is 14.1. The molecule has 0 radical (unpaired) electrons. The van der Waals surface area contributed by atoms with Crippen LogP contribution in [0, 0.1) is 5.41 Å². The molecule has 3 unspecified atom stereocenters. The van der Waals surface area contributed by atoms with E-state index in [9.17, 15) is 9.59 Å². The topological polar surface area (TPSA) is 108 Å². The van der Waals surface area contributed by atoms with Crippen LogP contribution in [0.4, 0.5) is 0 Å². The number of carbonyl (C=O) groups excluding carboxylic acids is 2. The SMILES string of the molecule is CO[Si](O[C@@H]1[C@@H]2OC3CCC(CCOC(=O)C(C)(C)C)O[C@@H]3C(=O)[C@@H]2O[C@@H]1CC1COC(C)(C)O1)(C(C)C)C(C)C. The molecule has 0 spiro atoms. The number of fused-ring (bicyclic) bond motifs is 2. The molecule has 0 amide bonds. The Morgan fingerprint density at radius 3 is 2.27 bits per heavy atom. The smallest absolute Gasteiger partial charge is 0.343 e. The molecule has 4 rings (SSSR count). The summed E-state index contributed by atoms with van der Waals surface area (Å²) in [6.07, 6.45) is -1.34. The average molecular weight is 601 g/mol. The summed E-state index contributed by atoms with van der Waals surface area (Å²) in [7, 11) is -0.998. The molecule has 0 aliphatic carbocycles. The van der Waals surface area contributed by atoms with Gasteiger partial charge in [0.05, 0.1) is 43.0 Å². The van der Waals surface area contributed by atoms with Gasteiger partial charge < -0.3 is 37.3 Å². The van der Waals surface area contributed by atoms with Crippen LogP contribution < -0.4 is 0 Å². The first-order valence-corrected chi connectivity index (χ1v) is 17.3. The maximum absolute atomic E-state index is 13.9. The van der Waals surface area contributed by atoms with Crippen molar-refractivity contribution in [1.82, 2.24) is 0 Å². The van der Waals surface area contributed by atoms with Gasteiger partial charge in [0.15, 0.2) is 11.6 Å². The van der Waals surface area contributed by atoms with Gasteiger partial charge in [-0.1, -0.05) is 27.7 Å². The minimum Gasteiger partial charge on any atom is -0.465 e. The Kier molecular flexibility index (Phi) is 10.1. The summed E-state index contributed by atoms with van der Waals surface area (Å²) in [4.78, 5) is 26.0. The van der Waals surface area contributed by atoms with E-state index < -0.39 is 50.3 Å². The molecular formula is C30H52O10Si. The molecule has 11 heteroatoms. The van der Waals surface area contributed by atoms with Crippen molar-refractivity contribution in [3.63, 3.8) is 0 Å². The number of carbonyl (C=O) groups is 2. The normalized spacial score (nSPS) is 35.6. The van der Waals surface area contributed by atoms with Gasteiger partial charge in [0.1, 0.15) is 24.4 Å². The largest absolute Gasteiger partial charge is 0.465 e. The maximum atomic E-state index is 13.9. The lowest BCUT2D eigenvalue weighted by Crippen LogP contribution is -2.61. The average Bonchev–Trinajstić information content (AvgIpc) is 3.40. The lowest BCUT2D eigenvalue weighted by molar-refractivity contribution is -0.212. The molecule has 10 nitrogen and oxygen atoms in total. The summed E-state index contributed by atoms with van der Waals surface area (Å²) in [6.45, 7) is 18.5. The molecule has 0 N–H and O–H groups in total. The van der Waals surface area contributed by atoms with Crippen LogP contribution in [0.2, 0.25) is 11.1 Å². The van der Waals surface area contributed by atoms with Crippen LogP contribution in [-0.2, 0) is 46.9 Å². The standard InChI is InChI=1S/C30H52O10Si/c1-17(2)41(33-10,18(3)4)40-25-22(15-20-16-35-30(8,9)39-20)38-26-23(31)24-21(37-27(25)26)12-11-19(36-24)13-14-34-28(32)29(5,6)7/h17-22,24-27H,11-16H2,1-10H3/t19?,20?,21?,22-,24+,25+,26+,27+/m1/s1. The highest BCUT2D eigenvalue weighted by atomic mass is 28.4. The van der Waals surface area contributed by atoms with E-state index in [-0.39, 0.29) is 47.8 Å². The molecular weight excluding hydrogens is 548 g/mol. The monoisotopic (exact) mass is 600 g/mol. The Morgan fingerprint density at radius 1 is 1.02 bits per heavy atom. The Morgan fingerprint density at radius 2 is 1.71 bits per heavy atom. The first kappa shape index (κ1) is 33.0. The van der Waals surface area contributed by atoms with Crippen LogP contribution in [0.5, 0.6) is 0 Å². The van der Waals surface area contributed by atoms with E-state index in [1.54, 1.807) is 7.11 Å². The lowest BCUT2D eigenvalue weighted by atomic mass is 9.89. The van der Waals surface area contributed by atoms with Gasteiger partial charge in [-0.25, -0.2) is 0 Å². The van der Waals surface area contributed by atoms with Crippen LogP contribution >= 0.6 is 0 Å². The molecule has 0 bridgehead atoms. The summed E-state index contributed by atoms with van der Waals surface area (Å²) in [5, 5.41) is 0. The summed E-state index contributed by atoms with van der Waals surface area (Å²) in [5.41, 5.74) is -0.207. The van der Waals surface area contributed by atoms with Crippen molar-refractivity contribution in [3.05, 3.63) is 0 Å². The Hall–Kier alpha value is -0.923. The molecule has 0 saturated carbocycles. The second kappa shape index (κ2) is 12.6. The highest BCUT2D eigenvalue weighted by Crippen LogP contribution is 2.44. The number of Topliss-reactive ketones (excluding diaryl/α,β-unsaturated/α-hetero) is 1. The zero-order valence-corrected chi connectivity index (χ0v) is 27.6. The summed E-state index contributed by atoms with van der Waals surface area (Å²) in [5.74, 6) is -1.03. The van der Waals surface area contributed by atoms with Crippen LogP contribution in [0.1, 0.15) is 88.0 Å². The number of esters is 1. The fourth-order valence-corrected chi connectivity index (χ4v) is 10.2. The van der Waals surface area contributed by atoms with E-state index in [0.29, 0.717) is 32.3 Å². The molecule has 0 aromatic rings. The third kappa shape index (κ3) is 7.08. The quantitative estimate of drug-likeness (QED) is 0.264. The lowest BCUT2D eigenvalue weighted by Gasteiger charge is -2.45. The third-order valence-corrected chi connectivity index (χ3v) is 13.2. The van der Waals surface area contributed by atoms with Gasteiger partial charge in [0, 0.05) is 20.0 Å². The fourth-order valence-electron chi connectivity index (χ4n) is 6.58. The highest BCUT2D eigenvalue weighted by Gasteiger charge is 2.61. The summed E-state index contributed by atoms with van der Waals surface area (Å²) < 4.78 is 49.9. The fraction of sp³-hybridized carbons (Fsp3) is 0.933. The molecule has 4 aliphatic rings. The van der Waals surface area contributed by atoms with Gasteiger partial charge in [-0.3, -0.25) is 9.59 Å². The van der Waals surface area contributed by atoms with Crippen molar-refractivity contribution >= 4 is 20.3 Å². The zero-order chi connectivity index (χ0) is 30.3. The van der Waals surface area contributed by atoms with E-state index in [1.807, 2.05) is 34.6 Å². The van der Waals surface area contributed by atoms with E-state index >= 15 is 0 Å². The van der Waals surface area contributed by atoms with Gasteiger partial charge in [0.25, 0.3) is 0 Å². The minimum absolute atomic E-state index is 0.110. The number of ketones is 1. The van der Waals surface area contributed by atoms with Crippen LogP contribution in [0.3, 0.4) is 0 Å². The number of ether oxygens (including phenoxy) is 6. The van der Waals surface area contributed by atoms with E-state index in [4.69, 9.17) is 37.3 Å². The molecule has 8 atom stereocenters. The predicted molar refractivity (Wildman–Crippen MR) is 153 cm³/mol. The molecule has 4 saturated heterocycles. The Bertz CT molecular complexity index is 923. The molecule has 4 aliphatic heterocycles. The molecule has 0 aromatic heterocycles. The van der Waals surface area contributed by atoms with Crippen molar-refractivity contribution in [2.75, 3.05) is 20.3 Å². The number of rotatable bonds is 10. The van der Waals surface area contributed by atoms with Crippen molar-refractivity contribution < 1.29 is 46.9 Å². The number of hydrogen-bond acceptors (Lipinski definition) is 10. The summed E-state index contributed by atoms with van der Waals surface area (Å²) >= 11 is 0. The van der Waals surface area contributed by atoms with Crippen LogP contribution in [0.15, 0.2) is 0 Å². The molecule has 236 valence electrons. The van der Waals surface area contributed by atoms with Gasteiger partial charge in [-0.2, -0.15) is 0 Å². The van der Waals surface area contributed by atoms with Crippen molar-refractivity contribution in [3.8, 4) is 0 Å². The van der Waals surface area contributed by atoms with E-state index in [2.05, 4.69) is 27.7 Å². The van der Waals surface area contributed by atoms with Gasteiger partial charge in [-0.05, 0) is 58.5 Å². The maximum Gasteiger partial charge on any atom is 0.343 e. The van der Waals surface area contributed by atoms with Crippen molar-refractivity contribution in [2.45, 2.75) is 154 Å². The van der Waals surface area contributed by atoms with Crippen LogP contribution in [0.25, 0.3) is 0 Å². The Labute approximate surface area is 246 Å². The van der Waals surface area contributed by atoms with Crippen molar-refractivity contribution in [2.24, 2.45) is 5.41 Å². The molecule has 41 heavy (non-hydrogen) atoms. The van der Waals surface area contributed by atoms with Gasteiger partial charge in [-0.15, -0.1) is 0 Å². The Balaban J connectivity index is 1.49. The molecule has 4 heterocycles. The molecule has 0 aromatic carbocycles. The minimum atomic E-state index is -2.72. The first-order valence-electron chi connectivity index (χ1n) is 15.3. The van der Waals surface area contributed by atoms with Crippen molar-refractivity contribution in [1.29, 1.82) is 0 Å². The van der Waals surface area contributed by atoms with Gasteiger partial charge in [0.2, 0.25) is 0 Å². The zero-order valence-electron chi connectivity index (χ0n) is 26.6. The van der Waals surface area contributed by atoms with E-state index in [1.165, 1.54) is 0 Å². The first-order chi connectivity index (χ1) is 19.1. The highest BCUT2D eigenvalue weighted by molar-refractivity contribution is 6.70. The summed E-state index contributed by atoms with van der Waals surface area (Å²) in [6, 6.07) is 0.